The molecule has 11 heteroatoms. The summed E-state index contributed by atoms with van der Waals surface area (Å²) >= 11 is 0. The molecule has 3 atom stereocenters. The van der Waals surface area contributed by atoms with Gasteiger partial charge in [0.15, 0.2) is 0 Å². The number of rotatable bonds is 2. The summed E-state index contributed by atoms with van der Waals surface area (Å²) in [6, 6.07) is -0.0891. The largest absolute Gasteiger partial charge is 0.476 e. The molecular formula is C20H25F3N6O2. The van der Waals surface area contributed by atoms with E-state index in [0.717, 1.165) is 31.2 Å². The number of aromatic nitrogens is 4. The molecule has 2 N–H and O–H groups in total. The predicted molar refractivity (Wildman–Crippen MR) is 107 cm³/mol. The first-order chi connectivity index (χ1) is 14.8. The number of fused-ring (bicyclic) bond motifs is 4. The number of alkyl halides is 3. The van der Waals surface area contributed by atoms with Crippen molar-refractivity contribution in [3.63, 3.8) is 0 Å². The molecule has 1 unspecified atom stereocenters. The van der Waals surface area contributed by atoms with E-state index in [-0.39, 0.29) is 35.7 Å². The van der Waals surface area contributed by atoms with Gasteiger partial charge in [0.25, 0.3) is 0 Å². The summed E-state index contributed by atoms with van der Waals surface area (Å²) in [5.74, 6) is 0.572. The number of nitrogens with zero attached hydrogens (tertiary/aromatic N) is 4. The molecule has 2 aromatic rings. The molecule has 2 bridgehead atoms. The lowest BCUT2D eigenvalue weighted by Gasteiger charge is -2.37. The summed E-state index contributed by atoms with van der Waals surface area (Å²) in [5, 5.41) is 10.9. The van der Waals surface area contributed by atoms with Crippen molar-refractivity contribution < 1.29 is 22.6 Å². The number of ether oxygens (including phenoxy) is 2. The first kappa shape index (κ1) is 20.3. The predicted octanol–water partition coefficient (Wildman–Crippen LogP) is 4.10. The van der Waals surface area contributed by atoms with Gasteiger partial charge in [0.05, 0.1) is 24.9 Å². The standard InChI is InChI=1S/C20H25F3N6O2/c1-10(2)15-16-18(29(28-15)12-5-6-30-9-12)31-8-11-3-4-14(11)25-17-13(20(21,22)23)7-24-19(26-16)27-17/h7,10-12,14H,3-6,8-9H2,1-2H3,(H2,24,25,26,27)/t11-,12?,14+/m0/s1. The lowest BCUT2D eigenvalue weighted by atomic mass is 9.80. The van der Waals surface area contributed by atoms with Crippen LogP contribution in [-0.2, 0) is 10.9 Å². The molecule has 0 spiro atoms. The minimum Gasteiger partial charge on any atom is -0.476 e. The Bertz CT molecular complexity index is 971. The Labute approximate surface area is 177 Å². The van der Waals surface area contributed by atoms with E-state index in [1.165, 1.54) is 0 Å². The highest BCUT2D eigenvalue weighted by molar-refractivity contribution is 5.66. The van der Waals surface area contributed by atoms with Crippen LogP contribution in [0.4, 0.5) is 30.6 Å². The normalized spacial score (nSPS) is 25.4. The van der Waals surface area contributed by atoms with Gasteiger partial charge in [0.1, 0.15) is 17.1 Å². The summed E-state index contributed by atoms with van der Waals surface area (Å²) in [6.45, 7) is 5.60. The van der Waals surface area contributed by atoms with Crippen molar-refractivity contribution >= 4 is 17.5 Å². The number of anilines is 3. The summed E-state index contributed by atoms with van der Waals surface area (Å²) in [7, 11) is 0. The van der Waals surface area contributed by atoms with Crippen LogP contribution in [0.5, 0.6) is 5.88 Å². The molecule has 8 nitrogen and oxygen atoms in total. The first-order valence-electron chi connectivity index (χ1n) is 10.6. The smallest absolute Gasteiger partial charge is 0.421 e. The SMILES string of the molecule is CC(C)c1nn(C2CCOC2)c2c1Nc1ncc(C(F)(F)F)c(n1)N[C@@H]1CC[C@H]1CO2. The fourth-order valence-corrected chi connectivity index (χ4v) is 4.25. The van der Waals surface area contributed by atoms with Gasteiger partial charge < -0.3 is 20.1 Å². The minimum absolute atomic E-state index is 0.0487. The van der Waals surface area contributed by atoms with Gasteiger partial charge in [-0.3, -0.25) is 0 Å². The minimum atomic E-state index is -4.54. The van der Waals surface area contributed by atoms with Crippen molar-refractivity contribution in [1.82, 2.24) is 19.7 Å². The van der Waals surface area contributed by atoms with E-state index >= 15 is 0 Å². The summed E-state index contributed by atoms with van der Waals surface area (Å²) in [5.41, 5.74) is 0.488. The van der Waals surface area contributed by atoms with Crippen LogP contribution in [0.25, 0.3) is 0 Å². The van der Waals surface area contributed by atoms with Crippen LogP contribution in [0.3, 0.4) is 0 Å². The molecule has 1 saturated carbocycles. The molecule has 1 aliphatic carbocycles. The Morgan fingerprint density at radius 2 is 2.03 bits per heavy atom. The summed E-state index contributed by atoms with van der Waals surface area (Å²) in [6.07, 6.45) is -1.26. The lowest BCUT2D eigenvalue weighted by Crippen LogP contribution is -2.42. The molecule has 4 heterocycles. The molecule has 0 amide bonds. The summed E-state index contributed by atoms with van der Waals surface area (Å²) in [4.78, 5) is 8.15. The highest BCUT2D eigenvalue weighted by atomic mass is 19.4. The maximum Gasteiger partial charge on any atom is 0.421 e. The van der Waals surface area contributed by atoms with Gasteiger partial charge in [0.2, 0.25) is 11.8 Å². The van der Waals surface area contributed by atoms with Crippen LogP contribution in [-0.4, -0.2) is 45.6 Å². The molecular weight excluding hydrogens is 413 g/mol. The zero-order valence-electron chi connectivity index (χ0n) is 17.4. The highest BCUT2D eigenvalue weighted by Crippen LogP contribution is 2.42. The van der Waals surface area contributed by atoms with Gasteiger partial charge >= 0.3 is 6.18 Å². The third-order valence-corrected chi connectivity index (χ3v) is 6.20. The van der Waals surface area contributed by atoms with Crippen LogP contribution in [0.2, 0.25) is 0 Å². The van der Waals surface area contributed by atoms with E-state index in [1.807, 2.05) is 18.5 Å². The molecule has 168 valence electrons. The first-order valence-corrected chi connectivity index (χ1v) is 10.6. The average Bonchev–Trinajstić information content (AvgIpc) is 3.32. The average molecular weight is 438 g/mol. The van der Waals surface area contributed by atoms with Crippen molar-refractivity contribution in [2.24, 2.45) is 5.92 Å². The third kappa shape index (κ3) is 3.68. The molecule has 0 radical (unpaired) electrons. The fraction of sp³-hybridized carbons (Fsp3) is 0.650. The molecule has 1 saturated heterocycles. The van der Waals surface area contributed by atoms with E-state index in [2.05, 4.69) is 20.6 Å². The van der Waals surface area contributed by atoms with Gasteiger partial charge in [-0.1, -0.05) is 13.8 Å². The Balaban J connectivity index is 1.62. The lowest BCUT2D eigenvalue weighted by molar-refractivity contribution is -0.137. The van der Waals surface area contributed by atoms with E-state index in [4.69, 9.17) is 14.6 Å². The van der Waals surface area contributed by atoms with Crippen molar-refractivity contribution in [2.45, 2.75) is 57.3 Å². The van der Waals surface area contributed by atoms with Crippen LogP contribution < -0.4 is 15.4 Å². The molecule has 2 aliphatic heterocycles. The van der Waals surface area contributed by atoms with E-state index < -0.39 is 11.7 Å². The Morgan fingerprint density at radius 3 is 2.68 bits per heavy atom. The van der Waals surface area contributed by atoms with E-state index in [1.54, 1.807) is 0 Å². The Morgan fingerprint density at radius 1 is 1.19 bits per heavy atom. The quantitative estimate of drug-likeness (QED) is 0.730. The Kier molecular flexibility index (Phi) is 4.95. The molecule has 2 aromatic heterocycles. The maximum atomic E-state index is 13.5. The summed E-state index contributed by atoms with van der Waals surface area (Å²) < 4.78 is 54.2. The monoisotopic (exact) mass is 438 g/mol. The molecule has 5 rings (SSSR count). The third-order valence-electron chi connectivity index (χ3n) is 6.20. The van der Waals surface area contributed by atoms with Crippen LogP contribution in [0.1, 0.15) is 56.3 Å². The number of halogens is 3. The van der Waals surface area contributed by atoms with E-state index in [0.29, 0.717) is 31.4 Å². The van der Waals surface area contributed by atoms with Gasteiger partial charge in [-0.05, 0) is 25.2 Å². The fourth-order valence-electron chi connectivity index (χ4n) is 4.25. The highest BCUT2D eigenvalue weighted by Gasteiger charge is 2.39. The van der Waals surface area contributed by atoms with Gasteiger partial charge in [0, 0.05) is 24.8 Å². The van der Waals surface area contributed by atoms with Gasteiger partial charge in [-0.15, -0.1) is 0 Å². The maximum absolute atomic E-state index is 13.5. The van der Waals surface area contributed by atoms with Crippen LogP contribution >= 0.6 is 0 Å². The number of hydrogen-bond donors (Lipinski definition) is 2. The van der Waals surface area contributed by atoms with Crippen LogP contribution in [0.15, 0.2) is 6.20 Å². The number of nitrogens with one attached hydrogen (secondary N) is 2. The second-order valence-electron chi connectivity index (χ2n) is 8.66. The van der Waals surface area contributed by atoms with Gasteiger partial charge in [-0.25, -0.2) is 9.67 Å². The van der Waals surface area contributed by atoms with Crippen molar-refractivity contribution in [2.75, 3.05) is 30.5 Å². The zero-order chi connectivity index (χ0) is 21.8. The number of hydrogen-bond acceptors (Lipinski definition) is 7. The van der Waals surface area contributed by atoms with Crippen molar-refractivity contribution in [3.05, 3.63) is 17.5 Å². The van der Waals surface area contributed by atoms with E-state index in [9.17, 15) is 13.2 Å². The zero-order valence-corrected chi connectivity index (χ0v) is 17.4. The van der Waals surface area contributed by atoms with Crippen molar-refractivity contribution in [3.8, 4) is 5.88 Å². The second kappa shape index (κ2) is 7.54. The molecule has 31 heavy (non-hydrogen) atoms. The Hall–Kier alpha value is -2.56. The van der Waals surface area contributed by atoms with Crippen LogP contribution in [0, 0.1) is 5.92 Å². The topological polar surface area (TPSA) is 86.1 Å². The molecule has 0 aromatic carbocycles. The molecule has 2 fully saturated rings. The van der Waals surface area contributed by atoms with Gasteiger partial charge in [-0.2, -0.15) is 23.3 Å². The molecule has 3 aliphatic rings. The van der Waals surface area contributed by atoms with Crippen molar-refractivity contribution in [1.29, 1.82) is 0 Å². The second-order valence-corrected chi connectivity index (χ2v) is 8.66.